The van der Waals surface area contributed by atoms with E-state index in [-0.39, 0.29) is 0 Å². The summed E-state index contributed by atoms with van der Waals surface area (Å²) in [4.78, 5) is 4.34. The molecular weight excluding hydrogens is 300 g/mol. The predicted octanol–water partition coefficient (Wildman–Crippen LogP) is 4.72. The van der Waals surface area contributed by atoms with E-state index >= 15 is 0 Å². The fraction of sp³-hybridized carbons (Fsp3) is 0.312. The van der Waals surface area contributed by atoms with Crippen molar-refractivity contribution in [3.8, 4) is 0 Å². The predicted molar refractivity (Wildman–Crippen MR) is 84.4 cm³/mol. The van der Waals surface area contributed by atoms with Crippen LogP contribution in [0.1, 0.15) is 30.0 Å². The lowest BCUT2D eigenvalue weighted by Crippen LogP contribution is -2.01. The molecule has 0 bridgehead atoms. The fourth-order valence-corrected chi connectivity index (χ4v) is 2.16. The normalized spacial score (nSPS) is 10.5. The maximum Gasteiger partial charge on any atom is 0.126 e. The van der Waals surface area contributed by atoms with Crippen molar-refractivity contribution in [1.29, 1.82) is 0 Å². The number of rotatable bonds is 5. The van der Waals surface area contributed by atoms with Crippen molar-refractivity contribution in [2.24, 2.45) is 0 Å². The average Bonchev–Trinajstić information content (AvgIpc) is 2.42. The lowest BCUT2D eigenvalue weighted by molar-refractivity contribution is 0.920. The van der Waals surface area contributed by atoms with E-state index in [9.17, 15) is 0 Å². The van der Waals surface area contributed by atoms with E-state index in [1.54, 1.807) is 0 Å². The molecule has 2 nitrogen and oxygen atoms in total. The Morgan fingerprint density at radius 1 is 1.16 bits per heavy atom. The number of benzene rings is 1. The van der Waals surface area contributed by atoms with Gasteiger partial charge in [-0.2, -0.15) is 0 Å². The van der Waals surface area contributed by atoms with E-state index in [1.807, 2.05) is 6.20 Å². The molecular formula is C16H19BrN2. The number of nitrogens with one attached hydrogen (secondary N) is 1. The van der Waals surface area contributed by atoms with E-state index in [2.05, 4.69) is 70.4 Å². The van der Waals surface area contributed by atoms with Crippen LogP contribution in [0.3, 0.4) is 0 Å². The smallest absolute Gasteiger partial charge is 0.126 e. The first kappa shape index (κ1) is 14.1. The monoisotopic (exact) mass is 318 g/mol. The van der Waals surface area contributed by atoms with Gasteiger partial charge in [-0.25, -0.2) is 4.98 Å². The van der Waals surface area contributed by atoms with Gasteiger partial charge in [-0.1, -0.05) is 37.6 Å². The highest BCUT2D eigenvalue weighted by Crippen LogP contribution is 2.17. The third kappa shape index (κ3) is 4.06. The van der Waals surface area contributed by atoms with Gasteiger partial charge >= 0.3 is 0 Å². The van der Waals surface area contributed by atoms with Crippen molar-refractivity contribution in [1.82, 2.24) is 4.98 Å². The zero-order chi connectivity index (χ0) is 13.7. The summed E-state index contributed by atoms with van der Waals surface area (Å²) in [6.07, 6.45) is 4.18. The molecule has 1 heterocycles. The number of halogens is 1. The van der Waals surface area contributed by atoms with E-state index in [0.29, 0.717) is 0 Å². The first-order valence-corrected chi connectivity index (χ1v) is 7.42. The molecule has 3 heteroatoms. The molecule has 0 saturated carbocycles. The van der Waals surface area contributed by atoms with Gasteiger partial charge in [0, 0.05) is 17.2 Å². The number of aryl methyl sites for hydroxylation is 2. The van der Waals surface area contributed by atoms with E-state index in [1.165, 1.54) is 23.1 Å². The second-order valence-corrected chi connectivity index (χ2v) is 5.59. The van der Waals surface area contributed by atoms with Gasteiger partial charge in [0.1, 0.15) is 5.82 Å². The molecule has 1 aromatic carbocycles. The molecule has 0 saturated heterocycles. The third-order valence-electron chi connectivity index (χ3n) is 3.08. The van der Waals surface area contributed by atoms with Gasteiger partial charge in [0.25, 0.3) is 0 Å². The summed E-state index contributed by atoms with van der Waals surface area (Å²) in [5.74, 6) is 0.915. The molecule has 0 atom stereocenters. The van der Waals surface area contributed by atoms with Crippen LogP contribution in [0, 0.1) is 6.92 Å². The minimum absolute atomic E-state index is 0.806. The molecule has 0 fully saturated rings. The summed E-state index contributed by atoms with van der Waals surface area (Å²) < 4.78 is 1.04. The zero-order valence-corrected chi connectivity index (χ0v) is 13.0. The Morgan fingerprint density at radius 2 is 1.84 bits per heavy atom. The molecule has 0 spiro atoms. The Labute approximate surface area is 123 Å². The Balaban J connectivity index is 1.96. The molecule has 0 unspecified atom stereocenters. The van der Waals surface area contributed by atoms with Crippen LogP contribution >= 0.6 is 15.9 Å². The van der Waals surface area contributed by atoms with Crippen LogP contribution in [-0.2, 0) is 13.0 Å². The topological polar surface area (TPSA) is 24.9 Å². The molecule has 100 valence electrons. The lowest BCUT2D eigenvalue weighted by atomic mass is 10.1. The Kier molecular flexibility index (Phi) is 4.97. The minimum Gasteiger partial charge on any atom is -0.366 e. The maximum atomic E-state index is 4.34. The van der Waals surface area contributed by atoms with Gasteiger partial charge in [-0.15, -0.1) is 0 Å². The van der Waals surface area contributed by atoms with Gasteiger partial charge in [0.2, 0.25) is 0 Å². The van der Waals surface area contributed by atoms with Gasteiger partial charge in [-0.05, 0) is 52.0 Å². The van der Waals surface area contributed by atoms with Crippen molar-refractivity contribution < 1.29 is 0 Å². The zero-order valence-electron chi connectivity index (χ0n) is 11.4. The van der Waals surface area contributed by atoms with Crippen molar-refractivity contribution in [2.45, 2.75) is 33.2 Å². The lowest BCUT2D eigenvalue weighted by Gasteiger charge is -2.08. The number of nitrogens with zero attached hydrogens (tertiary/aromatic N) is 1. The SMILES string of the molecule is CCCc1ccc(CNc2cc(C)c(Br)cn2)cc1. The standard InChI is InChI=1S/C16H19BrN2/c1-3-4-13-5-7-14(8-6-13)10-18-16-9-12(2)15(17)11-19-16/h5-9,11H,3-4,10H2,1-2H3,(H,18,19). The van der Waals surface area contributed by atoms with E-state index in [0.717, 1.165) is 23.3 Å². The average molecular weight is 319 g/mol. The van der Waals surface area contributed by atoms with Crippen LogP contribution in [0.2, 0.25) is 0 Å². The molecule has 0 radical (unpaired) electrons. The summed E-state index contributed by atoms with van der Waals surface area (Å²) >= 11 is 3.46. The van der Waals surface area contributed by atoms with Gasteiger partial charge in [0.15, 0.2) is 0 Å². The first-order chi connectivity index (χ1) is 9.19. The highest BCUT2D eigenvalue weighted by atomic mass is 79.9. The maximum absolute atomic E-state index is 4.34. The highest BCUT2D eigenvalue weighted by molar-refractivity contribution is 9.10. The molecule has 1 N–H and O–H groups in total. The Bertz CT molecular complexity index is 535. The Morgan fingerprint density at radius 3 is 2.47 bits per heavy atom. The third-order valence-corrected chi connectivity index (χ3v) is 3.91. The van der Waals surface area contributed by atoms with Crippen molar-refractivity contribution in [2.75, 3.05) is 5.32 Å². The highest BCUT2D eigenvalue weighted by Gasteiger charge is 1.99. The minimum atomic E-state index is 0.806. The van der Waals surface area contributed by atoms with Gasteiger partial charge in [0.05, 0.1) is 0 Å². The van der Waals surface area contributed by atoms with Crippen molar-refractivity contribution >= 4 is 21.7 Å². The summed E-state index contributed by atoms with van der Waals surface area (Å²) in [7, 11) is 0. The van der Waals surface area contributed by atoms with E-state index < -0.39 is 0 Å². The second-order valence-electron chi connectivity index (χ2n) is 4.74. The molecule has 0 aliphatic rings. The summed E-state index contributed by atoms with van der Waals surface area (Å²) in [5, 5.41) is 3.35. The fourth-order valence-electron chi connectivity index (χ4n) is 1.94. The number of pyridine rings is 1. The van der Waals surface area contributed by atoms with Crippen molar-refractivity contribution in [3.05, 3.63) is 57.7 Å². The number of hydrogen-bond acceptors (Lipinski definition) is 2. The molecule has 0 aliphatic heterocycles. The number of hydrogen-bond donors (Lipinski definition) is 1. The van der Waals surface area contributed by atoms with Gasteiger partial charge < -0.3 is 5.32 Å². The summed E-state index contributed by atoms with van der Waals surface area (Å²) in [6, 6.07) is 10.8. The Hall–Kier alpha value is -1.35. The van der Waals surface area contributed by atoms with Crippen molar-refractivity contribution in [3.63, 3.8) is 0 Å². The van der Waals surface area contributed by atoms with E-state index in [4.69, 9.17) is 0 Å². The van der Waals surface area contributed by atoms with Crippen LogP contribution < -0.4 is 5.32 Å². The number of aromatic nitrogens is 1. The molecule has 1 aromatic heterocycles. The van der Waals surface area contributed by atoms with Crippen LogP contribution in [0.4, 0.5) is 5.82 Å². The molecule has 19 heavy (non-hydrogen) atoms. The number of anilines is 1. The van der Waals surface area contributed by atoms with Crippen LogP contribution in [-0.4, -0.2) is 4.98 Å². The van der Waals surface area contributed by atoms with Gasteiger partial charge in [-0.3, -0.25) is 0 Å². The molecule has 2 rings (SSSR count). The van der Waals surface area contributed by atoms with Crippen LogP contribution in [0.5, 0.6) is 0 Å². The summed E-state index contributed by atoms with van der Waals surface area (Å²) in [6.45, 7) is 5.08. The molecule has 0 amide bonds. The van der Waals surface area contributed by atoms with Crippen LogP contribution in [0.15, 0.2) is 41.0 Å². The largest absolute Gasteiger partial charge is 0.366 e. The quantitative estimate of drug-likeness (QED) is 0.863. The second kappa shape index (κ2) is 6.71. The molecule has 0 aliphatic carbocycles. The van der Waals surface area contributed by atoms with Crippen LogP contribution in [0.25, 0.3) is 0 Å². The first-order valence-electron chi connectivity index (χ1n) is 6.63. The molecule has 2 aromatic rings. The summed E-state index contributed by atoms with van der Waals surface area (Å²) in [5.41, 5.74) is 3.88.